The fourth-order valence-corrected chi connectivity index (χ4v) is 10.3. The fraction of sp³-hybridized carbons (Fsp3) is 0.483. The summed E-state index contributed by atoms with van der Waals surface area (Å²) in [4.78, 5) is 43.6. The van der Waals surface area contributed by atoms with E-state index in [0.717, 1.165) is 5.56 Å². The van der Waals surface area contributed by atoms with E-state index in [9.17, 15) is 19.5 Å². The maximum Gasteiger partial charge on any atom is 0.248 e. The van der Waals surface area contributed by atoms with Crippen LogP contribution in [0.2, 0.25) is 5.02 Å². The van der Waals surface area contributed by atoms with E-state index >= 15 is 0 Å². The van der Waals surface area contributed by atoms with Crippen molar-refractivity contribution in [3.05, 3.63) is 65.2 Å². The van der Waals surface area contributed by atoms with E-state index in [0.29, 0.717) is 30.1 Å². The van der Waals surface area contributed by atoms with Gasteiger partial charge in [-0.1, -0.05) is 83.8 Å². The van der Waals surface area contributed by atoms with Gasteiger partial charge in [-0.05, 0) is 36.5 Å². The molecule has 7 atom stereocenters. The molecule has 0 aromatic heterocycles. The molecule has 3 unspecified atom stereocenters. The number of aliphatic hydroxyl groups excluding tert-OH is 1. The summed E-state index contributed by atoms with van der Waals surface area (Å²) in [5.41, 5.74) is 1.44. The van der Waals surface area contributed by atoms with Crippen molar-refractivity contribution < 1.29 is 19.5 Å². The predicted molar refractivity (Wildman–Crippen MR) is 158 cm³/mol. The van der Waals surface area contributed by atoms with Gasteiger partial charge in [-0.25, -0.2) is 0 Å². The first kappa shape index (κ1) is 28.5. The lowest BCUT2D eigenvalue weighted by atomic mass is 9.70. The smallest absolute Gasteiger partial charge is 0.248 e. The van der Waals surface area contributed by atoms with Gasteiger partial charge in [-0.2, -0.15) is 0 Å². The Morgan fingerprint density at radius 1 is 1.15 bits per heavy atom. The molecule has 3 N–H and O–H groups in total. The number of para-hydroxylation sites is 1. The molecule has 3 heterocycles. The van der Waals surface area contributed by atoms with Gasteiger partial charge in [-0.15, -0.1) is 11.8 Å². The molecule has 5 rings (SSSR count). The third-order valence-corrected chi connectivity index (χ3v) is 11.6. The number of amides is 3. The third kappa shape index (κ3) is 5.11. The van der Waals surface area contributed by atoms with Gasteiger partial charge in [0.2, 0.25) is 17.7 Å². The van der Waals surface area contributed by atoms with Gasteiger partial charge in [-0.3, -0.25) is 14.4 Å². The molecule has 2 aromatic rings. The van der Waals surface area contributed by atoms with Gasteiger partial charge in [0.05, 0.1) is 39.9 Å². The molecule has 2 bridgehead atoms. The van der Waals surface area contributed by atoms with Crippen LogP contribution in [-0.2, 0) is 20.9 Å². The van der Waals surface area contributed by atoms with Crippen LogP contribution < -0.4 is 10.6 Å². The Morgan fingerprint density at radius 2 is 1.85 bits per heavy atom. The lowest BCUT2D eigenvalue weighted by Crippen LogP contribution is -2.55. The first-order valence-corrected chi connectivity index (χ1v) is 15.5. The number of hydrogen-bond acceptors (Lipinski definition) is 5. The number of carbonyl (C=O) groups excluding carboxylic acids is 3. The molecule has 10 heteroatoms. The first-order valence-electron chi connectivity index (χ1n) is 13.3. The maximum absolute atomic E-state index is 14.3. The van der Waals surface area contributed by atoms with E-state index < -0.39 is 28.7 Å². The Bertz CT molecular complexity index is 1250. The van der Waals surface area contributed by atoms with Crippen LogP contribution in [0, 0.1) is 17.8 Å². The lowest BCUT2D eigenvalue weighted by Gasteiger charge is -2.37. The second-order valence-electron chi connectivity index (χ2n) is 11.0. The van der Waals surface area contributed by atoms with Crippen LogP contribution in [-0.4, -0.2) is 61.2 Å². The van der Waals surface area contributed by atoms with Crippen LogP contribution in [0.25, 0.3) is 0 Å². The molecule has 7 nitrogen and oxygen atoms in total. The van der Waals surface area contributed by atoms with Crippen LogP contribution in [0.1, 0.15) is 32.3 Å². The quantitative estimate of drug-likeness (QED) is 0.354. The zero-order chi connectivity index (χ0) is 27.9. The van der Waals surface area contributed by atoms with Crippen molar-refractivity contribution in [3.63, 3.8) is 0 Å². The Morgan fingerprint density at radius 3 is 2.51 bits per heavy atom. The Labute approximate surface area is 246 Å². The lowest BCUT2D eigenvalue weighted by molar-refractivity contribution is -0.142. The highest BCUT2D eigenvalue weighted by molar-refractivity contribution is 9.09. The van der Waals surface area contributed by atoms with Crippen LogP contribution >= 0.6 is 39.3 Å². The van der Waals surface area contributed by atoms with Crippen molar-refractivity contribution in [2.24, 2.45) is 17.8 Å². The average molecular weight is 635 g/mol. The van der Waals surface area contributed by atoms with Gasteiger partial charge < -0.3 is 20.6 Å². The van der Waals surface area contributed by atoms with Crippen molar-refractivity contribution in [2.45, 2.75) is 60.1 Å². The fourth-order valence-electron chi connectivity index (χ4n) is 6.55. The molecule has 208 valence electrons. The zero-order valence-corrected chi connectivity index (χ0v) is 25.0. The molecule has 0 radical (unpaired) electrons. The highest BCUT2D eigenvalue weighted by atomic mass is 79.9. The van der Waals surface area contributed by atoms with E-state index in [2.05, 4.69) is 26.6 Å². The van der Waals surface area contributed by atoms with E-state index in [4.69, 9.17) is 11.6 Å². The number of alkyl halides is 1. The van der Waals surface area contributed by atoms with Gasteiger partial charge >= 0.3 is 0 Å². The van der Waals surface area contributed by atoms with Crippen LogP contribution in [0.15, 0.2) is 54.6 Å². The summed E-state index contributed by atoms with van der Waals surface area (Å²) < 4.78 is -0.805. The standard InChI is InChI=1S/C29H33BrClN3O4S/c1-16(2)12-18(15-35)34-25(27(37)33-21-11-7-6-10-20(21)31)29-13-19(30)24(39-29)22(23(29)28(34)38)26(36)32-14-17-8-4-3-5-9-17/h3-11,16,18-19,22-25,35H,12-15H2,1-2H3,(H,32,36)(H,33,37)/t18-,19?,22+,23+,24+,25?,29?/m1/s1. The van der Waals surface area contributed by atoms with Gasteiger partial charge in [0.15, 0.2) is 0 Å². The van der Waals surface area contributed by atoms with Crippen molar-refractivity contribution >= 4 is 62.7 Å². The number of nitrogens with one attached hydrogen (secondary N) is 2. The van der Waals surface area contributed by atoms with Crippen molar-refractivity contribution in [1.82, 2.24) is 10.2 Å². The summed E-state index contributed by atoms with van der Waals surface area (Å²) in [6.07, 6.45) is 1.11. The Hall–Kier alpha value is -2.07. The van der Waals surface area contributed by atoms with Crippen LogP contribution in [0.4, 0.5) is 5.69 Å². The topological polar surface area (TPSA) is 98.7 Å². The van der Waals surface area contributed by atoms with Crippen molar-refractivity contribution in [1.29, 1.82) is 0 Å². The van der Waals surface area contributed by atoms with Crippen molar-refractivity contribution in [3.8, 4) is 0 Å². The first-order chi connectivity index (χ1) is 18.7. The minimum atomic E-state index is -0.857. The van der Waals surface area contributed by atoms with E-state index in [1.807, 2.05) is 44.2 Å². The minimum absolute atomic E-state index is 0.0349. The molecule has 3 amide bonds. The molecule has 3 saturated heterocycles. The van der Waals surface area contributed by atoms with E-state index in [1.54, 1.807) is 40.9 Å². The molecule has 3 fully saturated rings. The SMILES string of the molecule is CC(C)C[C@H](CO)N1C(=O)[C@@H]2[C@H](C(=O)NCc3ccccc3)[C@H]3SC2(CC3Br)C1C(=O)Nc1ccccc1Cl. The number of aliphatic hydroxyl groups is 1. The predicted octanol–water partition coefficient (Wildman–Crippen LogP) is 4.47. The molecule has 3 aliphatic heterocycles. The molecule has 0 saturated carbocycles. The third-order valence-electron chi connectivity index (χ3n) is 8.07. The minimum Gasteiger partial charge on any atom is -0.394 e. The number of halogens is 2. The van der Waals surface area contributed by atoms with Gasteiger partial charge in [0.25, 0.3) is 0 Å². The van der Waals surface area contributed by atoms with Crippen LogP contribution in [0.3, 0.4) is 0 Å². The van der Waals surface area contributed by atoms with E-state index in [-0.39, 0.29) is 40.3 Å². The molecule has 39 heavy (non-hydrogen) atoms. The summed E-state index contributed by atoms with van der Waals surface area (Å²) in [7, 11) is 0. The normalized spacial score (nSPS) is 29.9. The zero-order valence-electron chi connectivity index (χ0n) is 21.8. The largest absolute Gasteiger partial charge is 0.394 e. The summed E-state index contributed by atoms with van der Waals surface area (Å²) in [6.45, 7) is 4.14. The van der Waals surface area contributed by atoms with Crippen molar-refractivity contribution in [2.75, 3.05) is 11.9 Å². The number of carbonyl (C=O) groups is 3. The number of anilines is 1. The van der Waals surface area contributed by atoms with Gasteiger partial charge in [0.1, 0.15) is 6.04 Å². The number of fused-ring (bicyclic) bond motifs is 1. The van der Waals surface area contributed by atoms with Crippen LogP contribution in [0.5, 0.6) is 0 Å². The number of likely N-dealkylation sites (tertiary alicyclic amines) is 1. The second-order valence-corrected chi connectivity index (χ2v) is 14.2. The monoisotopic (exact) mass is 633 g/mol. The number of rotatable bonds is 9. The summed E-state index contributed by atoms with van der Waals surface area (Å²) in [5.74, 6) is -1.83. The number of nitrogens with zero attached hydrogens (tertiary/aromatic N) is 1. The summed E-state index contributed by atoms with van der Waals surface area (Å²) in [5, 5.41) is 16.7. The molecule has 1 spiro atoms. The van der Waals surface area contributed by atoms with Gasteiger partial charge in [0, 0.05) is 16.6 Å². The number of hydrogen-bond donors (Lipinski definition) is 3. The molecular formula is C29H33BrClN3O4S. The highest BCUT2D eigenvalue weighted by Crippen LogP contribution is 2.68. The number of benzene rings is 2. The Balaban J connectivity index is 1.50. The van der Waals surface area contributed by atoms with E-state index in [1.165, 1.54) is 0 Å². The maximum atomic E-state index is 14.3. The average Bonchev–Trinajstić information content (AvgIpc) is 3.51. The Kier molecular flexibility index (Phi) is 8.34. The summed E-state index contributed by atoms with van der Waals surface area (Å²) >= 11 is 11.7. The summed E-state index contributed by atoms with van der Waals surface area (Å²) in [6, 6.07) is 15.2. The molecule has 0 aliphatic carbocycles. The number of thioether (sulfide) groups is 1. The highest BCUT2D eigenvalue weighted by Gasteiger charge is 2.76. The molecule has 2 aromatic carbocycles. The second kappa shape index (κ2) is 11.4. The molecule has 3 aliphatic rings. The molecular weight excluding hydrogens is 602 g/mol.